The summed E-state index contributed by atoms with van der Waals surface area (Å²) in [6, 6.07) is 8.77. The maximum atomic E-state index is 5.41. The molecule has 2 heterocycles. The van der Waals surface area contributed by atoms with Crippen molar-refractivity contribution in [2.45, 2.75) is 32.2 Å². The zero-order chi connectivity index (χ0) is 14.5. The average Bonchev–Trinajstić information content (AvgIpc) is 3.03. The normalized spacial score (nSPS) is 17.6. The van der Waals surface area contributed by atoms with Gasteiger partial charge in [-0.05, 0) is 56.4 Å². The fourth-order valence-corrected chi connectivity index (χ4v) is 2.88. The van der Waals surface area contributed by atoms with Crippen LogP contribution in [0.2, 0.25) is 0 Å². The minimum Gasteiger partial charge on any atom is -0.383 e. The zero-order valence-corrected chi connectivity index (χ0v) is 12.4. The summed E-state index contributed by atoms with van der Waals surface area (Å²) in [5.41, 5.74) is 2.17. The van der Waals surface area contributed by atoms with Crippen LogP contribution in [0.5, 0.6) is 0 Å². The highest BCUT2D eigenvalue weighted by Gasteiger charge is 2.16. The highest BCUT2D eigenvalue weighted by Crippen LogP contribution is 2.22. The van der Waals surface area contributed by atoms with Crippen molar-refractivity contribution in [2.24, 2.45) is 5.92 Å². The molecule has 0 aliphatic carbocycles. The van der Waals surface area contributed by atoms with Gasteiger partial charge in [-0.2, -0.15) is 0 Å². The molecule has 0 spiro atoms. The molecule has 2 aromatic rings. The van der Waals surface area contributed by atoms with Crippen molar-refractivity contribution < 1.29 is 4.74 Å². The van der Waals surface area contributed by atoms with Crippen molar-refractivity contribution in [3.63, 3.8) is 0 Å². The van der Waals surface area contributed by atoms with Crippen LogP contribution in [-0.2, 0) is 4.74 Å². The van der Waals surface area contributed by atoms with Crippen LogP contribution in [0.15, 0.2) is 36.7 Å². The standard InChI is InChI=1S/C16H22N4O/c1-13(12-14-6-10-21-11-7-14)18-15-2-4-16(5-3-15)20-9-8-17-19-20/h2-5,8-9,13-14,18H,6-7,10-12H2,1H3. The van der Waals surface area contributed by atoms with Crippen LogP contribution in [0.25, 0.3) is 5.69 Å². The fourth-order valence-electron chi connectivity index (χ4n) is 2.88. The van der Waals surface area contributed by atoms with Gasteiger partial charge in [0.05, 0.1) is 18.1 Å². The number of anilines is 1. The molecule has 0 radical (unpaired) electrons. The van der Waals surface area contributed by atoms with Gasteiger partial charge in [0.2, 0.25) is 0 Å². The molecule has 1 atom stereocenters. The third kappa shape index (κ3) is 3.82. The van der Waals surface area contributed by atoms with Crippen LogP contribution < -0.4 is 5.32 Å². The molecule has 21 heavy (non-hydrogen) atoms. The molecule has 5 nitrogen and oxygen atoms in total. The van der Waals surface area contributed by atoms with E-state index in [9.17, 15) is 0 Å². The average molecular weight is 286 g/mol. The lowest BCUT2D eigenvalue weighted by molar-refractivity contribution is 0.0629. The Labute approximate surface area is 125 Å². The second kappa shape index (κ2) is 6.72. The number of ether oxygens (including phenoxy) is 1. The Morgan fingerprint density at radius 1 is 1.29 bits per heavy atom. The number of hydrogen-bond donors (Lipinski definition) is 1. The summed E-state index contributed by atoms with van der Waals surface area (Å²) in [5, 5.41) is 11.4. The van der Waals surface area contributed by atoms with Crippen LogP contribution >= 0.6 is 0 Å². The number of rotatable bonds is 5. The summed E-state index contributed by atoms with van der Waals surface area (Å²) in [4.78, 5) is 0. The molecule has 1 unspecified atom stereocenters. The Bertz CT molecular complexity index is 532. The molecule has 1 fully saturated rings. The molecule has 0 saturated carbocycles. The highest BCUT2D eigenvalue weighted by molar-refractivity contribution is 5.48. The van der Waals surface area contributed by atoms with Gasteiger partial charge in [-0.1, -0.05) is 5.21 Å². The van der Waals surface area contributed by atoms with E-state index < -0.39 is 0 Å². The van der Waals surface area contributed by atoms with Crippen molar-refractivity contribution in [3.8, 4) is 5.69 Å². The summed E-state index contributed by atoms with van der Waals surface area (Å²) >= 11 is 0. The third-order valence-electron chi connectivity index (χ3n) is 4.00. The second-order valence-corrected chi connectivity index (χ2v) is 5.73. The molecule has 1 aromatic carbocycles. The maximum Gasteiger partial charge on any atom is 0.0697 e. The van der Waals surface area contributed by atoms with E-state index in [-0.39, 0.29) is 0 Å². The summed E-state index contributed by atoms with van der Waals surface area (Å²) < 4.78 is 7.17. The number of hydrogen-bond acceptors (Lipinski definition) is 4. The molecular weight excluding hydrogens is 264 g/mol. The summed E-state index contributed by atoms with van der Waals surface area (Å²) in [5.74, 6) is 0.788. The monoisotopic (exact) mass is 286 g/mol. The topological polar surface area (TPSA) is 52.0 Å². The van der Waals surface area contributed by atoms with Crippen LogP contribution in [0.1, 0.15) is 26.2 Å². The van der Waals surface area contributed by atoms with E-state index in [0.29, 0.717) is 6.04 Å². The van der Waals surface area contributed by atoms with Crippen LogP contribution in [0, 0.1) is 5.92 Å². The molecule has 5 heteroatoms. The number of aromatic nitrogens is 3. The predicted octanol–water partition coefficient (Wildman–Crippen LogP) is 2.88. The van der Waals surface area contributed by atoms with Crippen LogP contribution in [0.3, 0.4) is 0 Å². The maximum absolute atomic E-state index is 5.41. The van der Waals surface area contributed by atoms with E-state index in [1.807, 2.05) is 6.20 Å². The molecule has 1 aliphatic heterocycles. The molecular formula is C16H22N4O. The fraction of sp³-hybridized carbons (Fsp3) is 0.500. The minimum atomic E-state index is 0.477. The van der Waals surface area contributed by atoms with Gasteiger partial charge >= 0.3 is 0 Å². The molecule has 3 rings (SSSR count). The Balaban J connectivity index is 1.54. The Morgan fingerprint density at radius 2 is 2.05 bits per heavy atom. The summed E-state index contributed by atoms with van der Waals surface area (Å²) in [6.07, 6.45) is 7.11. The lowest BCUT2D eigenvalue weighted by atomic mass is 9.93. The quantitative estimate of drug-likeness (QED) is 0.918. The molecule has 0 amide bonds. The highest BCUT2D eigenvalue weighted by atomic mass is 16.5. The van der Waals surface area contributed by atoms with Crippen molar-refractivity contribution in [3.05, 3.63) is 36.7 Å². The minimum absolute atomic E-state index is 0.477. The Morgan fingerprint density at radius 3 is 2.71 bits per heavy atom. The van der Waals surface area contributed by atoms with Gasteiger partial charge in [-0.25, -0.2) is 4.68 Å². The first-order valence-corrected chi connectivity index (χ1v) is 7.62. The van der Waals surface area contributed by atoms with Gasteiger partial charge in [0.15, 0.2) is 0 Å². The third-order valence-corrected chi connectivity index (χ3v) is 4.00. The van der Waals surface area contributed by atoms with E-state index in [4.69, 9.17) is 4.74 Å². The molecule has 0 bridgehead atoms. The van der Waals surface area contributed by atoms with Crippen molar-refractivity contribution in [2.75, 3.05) is 18.5 Å². The molecule has 112 valence electrons. The van der Waals surface area contributed by atoms with E-state index in [1.54, 1.807) is 10.9 Å². The molecule has 1 aliphatic rings. The van der Waals surface area contributed by atoms with Crippen molar-refractivity contribution in [1.29, 1.82) is 0 Å². The van der Waals surface area contributed by atoms with Crippen molar-refractivity contribution in [1.82, 2.24) is 15.0 Å². The van der Waals surface area contributed by atoms with E-state index in [0.717, 1.165) is 30.5 Å². The zero-order valence-electron chi connectivity index (χ0n) is 12.4. The molecule has 1 N–H and O–H groups in total. The molecule has 1 saturated heterocycles. The number of nitrogens with one attached hydrogen (secondary N) is 1. The van der Waals surface area contributed by atoms with E-state index in [1.165, 1.54) is 19.3 Å². The lowest BCUT2D eigenvalue weighted by Crippen LogP contribution is -2.24. The summed E-state index contributed by atoms with van der Waals surface area (Å²) in [7, 11) is 0. The van der Waals surface area contributed by atoms with E-state index in [2.05, 4.69) is 46.8 Å². The Kier molecular flexibility index (Phi) is 4.50. The smallest absolute Gasteiger partial charge is 0.0697 e. The molecule has 1 aromatic heterocycles. The van der Waals surface area contributed by atoms with Crippen molar-refractivity contribution >= 4 is 5.69 Å². The van der Waals surface area contributed by atoms with Gasteiger partial charge in [0.1, 0.15) is 0 Å². The van der Waals surface area contributed by atoms with Gasteiger partial charge in [-0.15, -0.1) is 5.10 Å². The Hall–Kier alpha value is -1.88. The predicted molar refractivity (Wildman–Crippen MR) is 82.6 cm³/mol. The first-order valence-electron chi connectivity index (χ1n) is 7.62. The van der Waals surface area contributed by atoms with Gasteiger partial charge < -0.3 is 10.1 Å². The van der Waals surface area contributed by atoms with Crippen LogP contribution in [-0.4, -0.2) is 34.2 Å². The number of benzene rings is 1. The first kappa shape index (κ1) is 14.1. The SMILES string of the molecule is CC(CC1CCOCC1)Nc1ccc(-n2ccnn2)cc1. The first-order chi connectivity index (χ1) is 10.3. The van der Waals surface area contributed by atoms with Gasteiger partial charge in [-0.3, -0.25) is 0 Å². The summed E-state index contributed by atoms with van der Waals surface area (Å²) in [6.45, 7) is 4.09. The van der Waals surface area contributed by atoms with E-state index >= 15 is 0 Å². The van der Waals surface area contributed by atoms with Gasteiger partial charge in [0.25, 0.3) is 0 Å². The van der Waals surface area contributed by atoms with Gasteiger partial charge in [0, 0.05) is 24.9 Å². The number of nitrogens with zero attached hydrogens (tertiary/aromatic N) is 3. The second-order valence-electron chi connectivity index (χ2n) is 5.73. The lowest BCUT2D eigenvalue weighted by Gasteiger charge is -2.25. The van der Waals surface area contributed by atoms with Crippen LogP contribution in [0.4, 0.5) is 5.69 Å². The largest absolute Gasteiger partial charge is 0.383 e.